The second kappa shape index (κ2) is 12.9. The van der Waals surface area contributed by atoms with Crippen LogP contribution in [0.15, 0.2) is 66.9 Å². The molecule has 36 heavy (non-hydrogen) atoms. The van der Waals surface area contributed by atoms with Crippen molar-refractivity contribution in [3.8, 4) is 17.0 Å². The zero-order valence-electron chi connectivity index (χ0n) is 21.7. The highest BCUT2D eigenvalue weighted by atomic mass is 19.1. The van der Waals surface area contributed by atoms with Crippen molar-refractivity contribution in [2.45, 2.75) is 59.9 Å². The van der Waals surface area contributed by atoms with Crippen LogP contribution in [0, 0.1) is 12.7 Å². The molecular formula is C30H36FN3O2. The van der Waals surface area contributed by atoms with E-state index in [4.69, 9.17) is 0 Å². The van der Waals surface area contributed by atoms with Crippen LogP contribution in [0.1, 0.15) is 68.1 Å². The summed E-state index contributed by atoms with van der Waals surface area (Å²) in [5, 5.41) is 9.88. The quantitative estimate of drug-likeness (QED) is 0.262. The number of benzene rings is 2. The number of hydrogen-bond acceptors (Lipinski definition) is 3. The molecule has 0 saturated carbocycles. The van der Waals surface area contributed by atoms with Gasteiger partial charge in [0.1, 0.15) is 17.2 Å². The molecule has 0 atom stereocenters. The number of amides is 1. The summed E-state index contributed by atoms with van der Waals surface area (Å²) in [6, 6.07) is 17.2. The molecular weight excluding hydrogens is 453 g/mol. The van der Waals surface area contributed by atoms with Crippen LogP contribution in [-0.4, -0.2) is 31.8 Å². The molecule has 6 heteroatoms. The molecule has 0 unspecified atom stereocenters. The highest BCUT2D eigenvalue weighted by molar-refractivity contribution is 5.99. The van der Waals surface area contributed by atoms with Gasteiger partial charge in [0.25, 0.3) is 5.91 Å². The summed E-state index contributed by atoms with van der Waals surface area (Å²) in [4.78, 5) is 20.3. The summed E-state index contributed by atoms with van der Waals surface area (Å²) >= 11 is 0. The van der Waals surface area contributed by atoms with Gasteiger partial charge < -0.3 is 10.0 Å². The van der Waals surface area contributed by atoms with Crippen LogP contribution in [0.3, 0.4) is 0 Å². The third-order valence-corrected chi connectivity index (χ3v) is 5.80. The first kappa shape index (κ1) is 26.9. The molecule has 0 aliphatic carbocycles. The first-order valence-corrected chi connectivity index (χ1v) is 12.7. The van der Waals surface area contributed by atoms with E-state index in [9.17, 15) is 14.3 Å². The first-order chi connectivity index (χ1) is 17.4. The number of carbonyl (C=O) groups is 1. The molecule has 2 aromatic heterocycles. The van der Waals surface area contributed by atoms with E-state index in [2.05, 4.69) is 25.8 Å². The molecule has 0 radical (unpaired) electrons. The number of phenols is 1. The fourth-order valence-corrected chi connectivity index (χ4v) is 4.02. The third kappa shape index (κ3) is 6.51. The molecule has 5 nitrogen and oxygen atoms in total. The van der Waals surface area contributed by atoms with E-state index in [1.54, 1.807) is 18.2 Å². The lowest BCUT2D eigenvalue weighted by Gasteiger charge is -2.23. The smallest absolute Gasteiger partial charge is 0.275 e. The Hall–Kier alpha value is -3.67. The molecule has 0 fully saturated rings. The van der Waals surface area contributed by atoms with E-state index >= 15 is 0 Å². The minimum absolute atomic E-state index is 0.167. The van der Waals surface area contributed by atoms with Crippen molar-refractivity contribution in [2.24, 2.45) is 0 Å². The van der Waals surface area contributed by atoms with Crippen LogP contribution in [0.5, 0.6) is 5.75 Å². The van der Waals surface area contributed by atoms with E-state index in [0.717, 1.165) is 36.0 Å². The zero-order valence-corrected chi connectivity index (χ0v) is 21.7. The molecule has 4 rings (SSSR count). The number of fused-ring (bicyclic) bond motifs is 1. The number of aromatic hydroxyl groups is 1. The lowest BCUT2D eigenvalue weighted by atomic mass is 10.1. The number of carbonyl (C=O) groups excluding carboxylic acids is 1. The average molecular weight is 490 g/mol. The number of phenolic OH excluding ortho intramolecular Hbond substituents is 1. The van der Waals surface area contributed by atoms with Gasteiger partial charge in [0.05, 0.1) is 5.69 Å². The highest BCUT2D eigenvalue weighted by Crippen LogP contribution is 2.28. The van der Waals surface area contributed by atoms with E-state index in [1.165, 1.54) is 18.6 Å². The topological polar surface area (TPSA) is 57.8 Å². The molecule has 1 amide bonds. The Morgan fingerprint density at radius 1 is 1.03 bits per heavy atom. The Bertz CT molecular complexity index is 1280. The van der Waals surface area contributed by atoms with E-state index in [0.29, 0.717) is 30.1 Å². The number of aryl methyl sites for hydroxylation is 1. The zero-order chi connectivity index (χ0) is 26.1. The largest absolute Gasteiger partial charge is 0.508 e. The van der Waals surface area contributed by atoms with Gasteiger partial charge in [-0.1, -0.05) is 58.2 Å². The summed E-state index contributed by atoms with van der Waals surface area (Å²) in [5.74, 6) is -0.259. The number of aromatic nitrogens is 2. The van der Waals surface area contributed by atoms with Gasteiger partial charge in [-0.25, -0.2) is 9.37 Å². The number of hydrogen-bond donors (Lipinski definition) is 1. The second-order valence-electron chi connectivity index (χ2n) is 9.01. The maximum atomic E-state index is 13.9. The molecule has 2 aromatic carbocycles. The molecule has 190 valence electrons. The van der Waals surface area contributed by atoms with Gasteiger partial charge in [0.2, 0.25) is 0 Å². The molecule has 2 heterocycles. The monoisotopic (exact) mass is 489 g/mol. The summed E-state index contributed by atoms with van der Waals surface area (Å²) in [7, 11) is 0. The van der Waals surface area contributed by atoms with Crippen LogP contribution >= 0.6 is 0 Å². The number of rotatable bonds is 8. The lowest BCUT2D eigenvalue weighted by molar-refractivity contribution is 0.0735. The van der Waals surface area contributed by atoms with Crippen molar-refractivity contribution in [3.63, 3.8) is 0 Å². The number of unbranched alkanes of at least 4 members (excludes halogenated alkanes) is 2. The number of imidazole rings is 1. The number of nitrogens with zero attached hydrogens (tertiary/aromatic N) is 3. The van der Waals surface area contributed by atoms with E-state index in [-0.39, 0.29) is 17.5 Å². The van der Waals surface area contributed by atoms with Crippen molar-refractivity contribution in [3.05, 3.63) is 89.5 Å². The third-order valence-electron chi connectivity index (χ3n) is 5.80. The Morgan fingerprint density at radius 2 is 1.75 bits per heavy atom. The summed E-state index contributed by atoms with van der Waals surface area (Å²) in [5.41, 5.74) is 4.11. The summed E-state index contributed by atoms with van der Waals surface area (Å²) in [6.07, 6.45) is 6.07. The lowest BCUT2D eigenvalue weighted by Crippen LogP contribution is -2.32. The Morgan fingerprint density at radius 3 is 2.42 bits per heavy atom. The van der Waals surface area contributed by atoms with Crippen LogP contribution < -0.4 is 0 Å². The molecule has 1 N–H and O–H groups in total. The van der Waals surface area contributed by atoms with Crippen molar-refractivity contribution in [1.29, 1.82) is 0 Å². The predicted molar refractivity (Wildman–Crippen MR) is 144 cm³/mol. The van der Waals surface area contributed by atoms with Crippen LogP contribution in [0.4, 0.5) is 4.39 Å². The van der Waals surface area contributed by atoms with Gasteiger partial charge in [-0.3, -0.25) is 9.20 Å². The average Bonchev–Trinajstić information content (AvgIpc) is 3.26. The fraction of sp³-hybridized carbons (Fsp3) is 0.333. The minimum Gasteiger partial charge on any atom is -0.508 e. The van der Waals surface area contributed by atoms with Gasteiger partial charge in [0, 0.05) is 24.8 Å². The maximum absolute atomic E-state index is 13.9. The van der Waals surface area contributed by atoms with Gasteiger partial charge in [0.15, 0.2) is 5.69 Å². The van der Waals surface area contributed by atoms with Gasteiger partial charge in [-0.2, -0.15) is 0 Å². The van der Waals surface area contributed by atoms with Gasteiger partial charge in [-0.15, -0.1) is 0 Å². The maximum Gasteiger partial charge on any atom is 0.275 e. The summed E-state index contributed by atoms with van der Waals surface area (Å²) < 4.78 is 15.5. The SMILES string of the molecule is CCC.CCCCCN(Cc1ccc(O)c(C)c1)C(=O)c1nc2ccccn2c1-c1ccc(F)cc1. The minimum atomic E-state index is -0.329. The van der Waals surface area contributed by atoms with Crippen molar-refractivity contribution < 1.29 is 14.3 Å². The van der Waals surface area contributed by atoms with Crippen molar-refractivity contribution in [1.82, 2.24) is 14.3 Å². The van der Waals surface area contributed by atoms with Crippen molar-refractivity contribution >= 4 is 11.6 Å². The van der Waals surface area contributed by atoms with Gasteiger partial charge in [-0.05, 0) is 66.9 Å². The van der Waals surface area contributed by atoms with Crippen LogP contribution in [-0.2, 0) is 6.54 Å². The molecule has 4 aromatic rings. The Balaban J connectivity index is 0.00000115. The van der Waals surface area contributed by atoms with Crippen molar-refractivity contribution in [2.75, 3.05) is 6.54 Å². The number of halogens is 1. The highest BCUT2D eigenvalue weighted by Gasteiger charge is 2.25. The first-order valence-electron chi connectivity index (χ1n) is 12.7. The van der Waals surface area contributed by atoms with Gasteiger partial charge >= 0.3 is 0 Å². The molecule has 0 saturated heterocycles. The normalized spacial score (nSPS) is 10.7. The molecule has 0 aliphatic rings. The molecule has 0 bridgehead atoms. The fourth-order valence-electron chi connectivity index (χ4n) is 4.02. The van der Waals surface area contributed by atoms with E-state index in [1.807, 2.05) is 52.8 Å². The summed E-state index contributed by atoms with van der Waals surface area (Å²) in [6.45, 7) is 9.24. The second-order valence-corrected chi connectivity index (χ2v) is 9.01. The standard InChI is InChI=1S/C27H28FN3O2.C3H8/c1-3-4-6-15-30(18-20-9-14-23(32)19(2)17-20)27(33)25-26(21-10-12-22(28)13-11-21)31-16-7-5-8-24(31)29-25;1-3-2/h5,7-14,16-17,32H,3-4,6,15,18H2,1-2H3;3H2,1-2H3. The molecule has 0 spiro atoms. The van der Waals surface area contributed by atoms with E-state index < -0.39 is 0 Å². The van der Waals surface area contributed by atoms with Crippen LogP contribution in [0.2, 0.25) is 0 Å². The van der Waals surface area contributed by atoms with Crippen LogP contribution in [0.25, 0.3) is 16.9 Å². The predicted octanol–water partition coefficient (Wildman–Crippen LogP) is 7.40. The Labute approximate surface area is 213 Å². The Kier molecular flexibility index (Phi) is 9.62. The molecule has 0 aliphatic heterocycles. The number of pyridine rings is 1.